The molecule has 0 atom stereocenters. The van der Waals surface area contributed by atoms with Gasteiger partial charge in [0.1, 0.15) is 0 Å². The lowest BCUT2D eigenvalue weighted by molar-refractivity contribution is -0.147. The number of hydrogen-bond donors (Lipinski definition) is 1. The van der Waals surface area contributed by atoms with Crippen LogP contribution in [0.15, 0.2) is 36.9 Å². The van der Waals surface area contributed by atoms with E-state index >= 15 is 0 Å². The van der Waals surface area contributed by atoms with Crippen molar-refractivity contribution >= 4 is 17.6 Å². The van der Waals surface area contributed by atoms with Crippen LogP contribution in [0.2, 0.25) is 0 Å². The summed E-state index contributed by atoms with van der Waals surface area (Å²) in [7, 11) is 3.89. The molecule has 2 rings (SSSR count). The molecule has 1 aliphatic rings. The van der Waals surface area contributed by atoms with Crippen molar-refractivity contribution in [3.05, 3.63) is 42.5 Å². The number of aliphatic carboxylic acids is 1. The first kappa shape index (κ1) is 16.1. The van der Waals surface area contributed by atoms with E-state index < -0.39 is 11.4 Å². The Morgan fingerprint density at radius 1 is 1.23 bits per heavy atom. The van der Waals surface area contributed by atoms with Crippen LogP contribution in [0, 0.1) is 0 Å². The average Bonchev–Trinajstić information content (AvgIpc) is 2.54. The Labute approximate surface area is 130 Å². The molecular weight excluding hydrogens is 280 g/mol. The van der Waals surface area contributed by atoms with Gasteiger partial charge in [-0.1, -0.05) is 18.7 Å². The molecular formula is C17H22N2O3. The fourth-order valence-corrected chi connectivity index (χ4v) is 2.94. The Kier molecular flexibility index (Phi) is 4.54. The summed E-state index contributed by atoms with van der Waals surface area (Å²) < 4.78 is 0. The lowest BCUT2D eigenvalue weighted by atomic mass is 9.72. The van der Waals surface area contributed by atoms with Crippen LogP contribution in [-0.2, 0) is 15.0 Å². The number of carbonyl (C=O) groups is 2. The van der Waals surface area contributed by atoms with E-state index in [0.29, 0.717) is 25.9 Å². The third-order valence-electron chi connectivity index (χ3n) is 4.45. The Morgan fingerprint density at radius 2 is 1.77 bits per heavy atom. The number of carboxylic acids is 1. The Bertz CT molecular complexity index is 570. The first-order valence-electron chi connectivity index (χ1n) is 7.33. The fraction of sp³-hybridized carbons (Fsp3) is 0.412. The van der Waals surface area contributed by atoms with Crippen molar-refractivity contribution in [2.75, 3.05) is 32.1 Å². The molecule has 1 amide bonds. The zero-order valence-electron chi connectivity index (χ0n) is 13.1. The van der Waals surface area contributed by atoms with Crippen molar-refractivity contribution in [2.45, 2.75) is 18.3 Å². The van der Waals surface area contributed by atoms with Crippen molar-refractivity contribution in [1.29, 1.82) is 0 Å². The van der Waals surface area contributed by atoms with Gasteiger partial charge < -0.3 is 14.9 Å². The molecule has 0 bridgehead atoms. The Balaban J connectivity index is 2.25. The number of likely N-dealkylation sites (tertiary alicyclic amines) is 1. The third-order valence-corrected chi connectivity index (χ3v) is 4.45. The monoisotopic (exact) mass is 302 g/mol. The quantitative estimate of drug-likeness (QED) is 0.863. The molecule has 5 heteroatoms. The minimum atomic E-state index is -0.914. The zero-order valence-corrected chi connectivity index (χ0v) is 13.1. The summed E-state index contributed by atoms with van der Waals surface area (Å²) in [6.07, 6.45) is 2.12. The van der Waals surface area contributed by atoms with E-state index in [1.54, 1.807) is 4.90 Å². The van der Waals surface area contributed by atoms with Gasteiger partial charge in [-0.25, -0.2) is 0 Å². The van der Waals surface area contributed by atoms with Gasteiger partial charge >= 0.3 is 5.97 Å². The first-order chi connectivity index (χ1) is 10.4. The van der Waals surface area contributed by atoms with E-state index in [1.807, 2.05) is 43.3 Å². The highest BCUT2D eigenvalue weighted by molar-refractivity contribution is 5.88. The van der Waals surface area contributed by atoms with Crippen LogP contribution >= 0.6 is 0 Å². The van der Waals surface area contributed by atoms with Gasteiger partial charge in [0.25, 0.3) is 0 Å². The summed E-state index contributed by atoms with van der Waals surface area (Å²) in [6, 6.07) is 7.63. The third kappa shape index (κ3) is 2.84. The predicted octanol–water partition coefficient (Wildman–Crippen LogP) is 1.88. The largest absolute Gasteiger partial charge is 0.481 e. The van der Waals surface area contributed by atoms with Crippen LogP contribution in [0.4, 0.5) is 5.69 Å². The number of benzene rings is 1. The van der Waals surface area contributed by atoms with E-state index in [1.165, 1.54) is 6.08 Å². The first-order valence-corrected chi connectivity index (χ1v) is 7.33. The maximum absolute atomic E-state index is 11.9. The summed E-state index contributed by atoms with van der Waals surface area (Å²) in [6.45, 7) is 4.35. The molecule has 0 aromatic heterocycles. The SMILES string of the molecule is C=CC(=O)N1CCC(C(=O)O)(c2ccc(N(C)C)cc2)CC1. The van der Waals surface area contributed by atoms with Gasteiger partial charge in [0, 0.05) is 32.9 Å². The predicted molar refractivity (Wildman–Crippen MR) is 86.1 cm³/mol. The highest BCUT2D eigenvalue weighted by Crippen LogP contribution is 2.36. The topological polar surface area (TPSA) is 60.9 Å². The van der Waals surface area contributed by atoms with Gasteiger partial charge in [0.2, 0.25) is 5.91 Å². The molecule has 1 saturated heterocycles. The molecule has 1 N–H and O–H groups in total. The van der Waals surface area contributed by atoms with Gasteiger partial charge in [-0.3, -0.25) is 9.59 Å². The molecule has 0 aliphatic carbocycles. The summed E-state index contributed by atoms with van der Waals surface area (Å²) in [5, 5.41) is 9.77. The van der Waals surface area contributed by atoms with Crippen molar-refractivity contribution < 1.29 is 14.7 Å². The van der Waals surface area contributed by atoms with Gasteiger partial charge in [0.15, 0.2) is 0 Å². The molecule has 0 spiro atoms. The molecule has 22 heavy (non-hydrogen) atoms. The second kappa shape index (κ2) is 6.22. The minimum Gasteiger partial charge on any atom is -0.481 e. The van der Waals surface area contributed by atoms with Crippen LogP contribution in [0.3, 0.4) is 0 Å². The van der Waals surface area contributed by atoms with E-state index in [-0.39, 0.29) is 5.91 Å². The lowest BCUT2D eigenvalue weighted by Crippen LogP contribution is -2.48. The molecule has 1 aromatic carbocycles. The van der Waals surface area contributed by atoms with Crippen molar-refractivity contribution in [2.24, 2.45) is 0 Å². The second-order valence-electron chi connectivity index (χ2n) is 5.86. The molecule has 118 valence electrons. The average molecular weight is 302 g/mol. The molecule has 5 nitrogen and oxygen atoms in total. The van der Waals surface area contributed by atoms with Crippen LogP contribution in [0.1, 0.15) is 18.4 Å². The molecule has 0 radical (unpaired) electrons. The summed E-state index contributed by atoms with van der Waals surface area (Å²) >= 11 is 0. The summed E-state index contributed by atoms with van der Waals surface area (Å²) in [5.41, 5.74) is 0.919. The number of rotatable bonds is 4. The standard InChI is InChI=1S/C17H22N2O3/c1-4-15(20)19-11-9-17(10-12-19,16(21)22)13-5-7-14(8-6-13)18(2)3/h4-8H,1,9-12H2,2-3H3,(H,21,22). The Morgan fingerprint density at radius 3 is 2.18 bits per heavy atom. The van der Waals surface area contributed by atoms with Gasteiger partial charge in [0.05, 0.1) is 5.41 Å². The van der Waals surface area contributed by atoms with Crippen LogP contribution in [-0.4, -0.2) is 49.1 Å². The number of piperidine rings is 1. The maximum Gasteiger partial charge on any atom is 0.314 e. The summed E-state index contributed by atoms with van der Waals surface area (Å²) in [5.74, 6) is -0.960. The number of carboxylic acid groups (broad SMARTS) is 1. The van der Waals surface area contributed by atoms with E-state index in [2.05, 4.69) is 6.58 Å². The number of anilines is 1. The molecule has 1 heterocycles. The van der Waals surface area contributed by atoms with Gasteiger partial charge in [-0.2, -0.15) is 0 Å². The fourth-order valence-electron chi connectivity index (χ4n) is 2.94. The second-order valence-corrected chi connectivity index (χ2v) is 5.86. The highest BCUT2D eigenvalue weighted by atomic mass is 16.4. The molecule has 1 aliphatic heterocycles. The van der Waals surface area contributed by atoms with Crippen molar-refractivity contribution in [3.63, 3.8) is 0 Å². The number of amides is 1. The van der Waals surface area contributed by atoms with E-state index in [9.17, 15) is 14.7 Å². The lowest BCUT2D eigenvalue weighted by Gasteiger charge is -2.39. The maximum atomic E-state index is 11.9. The van der Waals surface area contributed by atoms with Gasteiger partial charge in [-0.05, 0) is 36.6 Å². The molecule has 1 fully saturated rings. The van der Waals surface area contributed by atoms with E-state index in [4.69, 9.17) is 0 Å². The smallest absolute Gasteiger partial charge is 0.314 e. The number of carbonyl (C=O) groups excluding carboxylic acids is 1. The van der Waals surface area contributed by atoms with Gasteiger partial charge in [-0.15, -0.1) is 0 Å². The molecule has 0 unspecified atom stereocenters. The number of hydrogen-bond acceptors (Lipinski definition) is 3. The van der Waals surface area contributed by atoms with Crippen LogP contribution in [0.5, 0.6) is 0 Å². The molecule has 1 aromatic rings. The van der Waals surface area contributed by atoms with Crippen molar-refractivity contribution in [3.8, 4) is 0 Å². The summed E-state index contributed by atoms with van der Waals surface area (Å²) in [4.78, 5) is 27.2. The van der Waals surface area contributed by atoms with Crippen LogP contribution in [0.25, 0.3) is 0 Å². The highest BCUT2D eigenvalue weighted by Gasteiger charge is 2.43. The van der Waals surface area contributed by atoms with Crippen LogP contribution < -0.4 is 4.90 Å². The normalized spacial score (nSPS) is 16.9. The Hall–Kier alpha value is -2.30. The minimum absolute atomic E-state index is 0.137. The number of nitrogens with zero attached hydrogens (tertiary/aromatic N) is 2. The molecule has 0 saturated carbocycles. The van der Waals surface area contributed by atoms with Crippen molar-refractivity contribution in [1.82, 2.24) is 4.90 Å². The van der Waals surface area contributed by atoms with E-state index in [0.717, 1.165) is 11.3 Å². The zero-order chi connectivity index (χ0) is 16.3.